The molecular formula is C35H50O2P2. The first-order valence-electron chi connectivity index (χ1n) is 15.8. The van der Waals surface area contributed by atoms with Gasteiger partial charge in [0.25, 0.3) is 0 Å². The van der Waals surface area contributed by atoms with Crippen molar-refractivity contribution < 1.29 is 9.53 Å². The SMILES string of the molecule is CC(C)(C)OC(=O)C1CC(P(C2CCCCC2)C2CCCCC2)CC1CP(c1ccccc1)c1ccccc1. The summed E-state index contributed by atoms with van der Waals surface area (Å²) in [6.07, 6.45) is 17.8. The monoisotopic (exact) mass is 564 g/mol. The summed E-state index contributed by atoms with van der Waals surface area (Å²) < 4.78 is 6.14. The third kappa shape index (κ3) is 7.74. The van der Waals surface area contributed by atoms with Crippen LogP contribution in [0.25, 0.3) is 0 Å². The molecule has 0 radical (unpaired) electrons. The number of hydrogen-bond acceptors (Lipinski definition) is 2. The molecule has 3 atom stereocenters. The molecule has 0 aromatic heterocycles. The third-order valence-corrected chi connectivity index (χ3v) is 16.0. The summed E-state index contributed by atoms with van der Waals surface area (Å²) in [6.45, 7) is 6.10. The van der Waals surface area contributed by atoms with Crippen molar-refractivity contribution in [3.05, 3.63) is 60.7 Å². The highest BCUT2D eigenvalue weighted by molar-refractivity contribution is 7.73. The van der Waals surface area contributed by atoms with E-state index in [2.05, 4.69) is 60.7 Å². The lowest BCUT2D eigenvalue weighted by Crippen LogP contribution is -2.32. The lowest BCUT2D eigenvalue weighted by molar-refractivity contribution is -0.161. The molecule has 0 aliphatic heterocycles. The van der Waals surface area contributed by atoms with Gasteiger partial charge < -0.3 is 4.74 Å². The zero-order valence-electron chi connectivity index (χ0n) is 24.6. The average molecular weight is 565 g/mol. The minimum absolute atomic E-state index is 0.0433. The fourth-order valence-electron chi connectivity index (χ4n) is 7.67. The lowest BCUT2D eigenvalue weighted by Gasteiger charge is -2.42. The summed E-state index contributed by atoms with van der Waals surface area (Å²) in [5, 5.41) is 2.87. The zero-order valence-corrected chi connectivity index (χ0v) is 26.4. The second-order valence-corrected chi connectivity index (χ2v) is 18.7. The zero-order chi connectivity index (χ0) is 27.2. The molecule has 0 heterocycles. The summed E-state index contributed by atoms with van der Waals surface area (Å²) in [5.74, 6) is 0.533. The summed E-state index contributed by atoms with van der Waals surface area (Å²) in [4.78, 5) is 13.8. The highest BCUT2D eigenvalue weighted by atomic mass is 31.1. The molecule has 2 aromatic rings. The Morgan fingerprint density at radius 3 is 1.67 bits per heavy atom. The van der Waals surface area contributed by atoms with E-state index >= 15 is 0 Å². The van der Waals surface area contributed by atoms with E-state index in [0.29, 0.717) is 5.92 Å². The van der Waals surface area contributed by atoms with Crippen LogP contribution in [0.4, 0.5) is 0 Å². The molecule has 3 saturated carbocycles. The van der Waals surface area contributed by atoms with Crippen LogP contribution in [-0.4, -0.2) is 34.7 Å². The van der Waals surface area contributed by atoms with Crippen LogP contribution in [-0.2, 0) is 9.53 Å². The van der Waals surface area contributed by atoms with E-state index in [-0.39, 0.29) is 19.8 Å². The molecule has 0 amide bonds. The molecule has 3 aliphatic rings. The molecule has 4 heteroatoms. The van der Waals surface area contributed by atoms with E-state index in [9.17, 15) is 4.79 Å². The van der Waals surface area contributed by atoms with Crippen LogP contribution in [0.5, 0.6) is 0 Å². The van der Waals surface area contributed by atoms with Gasteiger partial charge in [-0.15, -0.1) is 0 Å². The lowest BCUT2D eigenvalue weighted by atomic mass is 9.98. The van der Waals surface area contributed by atoms with Crippen LogP contribution >= 0.6 is 15.8 Å². The van der Waals surface area contributed by atoms with E-state index < -0.39 is 13.5 Å². The van der Waals surface area contributed by atoms with Crippen molar-refractivity contribution >= 4 is 32.4 Å². The van der Waals surface area contributed by atoms with Gasteiger partial charge >= 0.3 is 5.97 Å². The van der Waals surface area contributed by atoms with Crippen LogP contribution in [0.2, 0.25) is 0 Å². The van der Waals surface area contributed by atoms with Crippen molar-refractivity contribution in [3.8, 4) is 0 Å². The maximum atomic E-state index is 13.8. The number of ether oxygens (including phenoxy) is 1. The third-order valence-electron chi connectivity index (χ3n) is 9.35. The molecule has 5 rings (SSSR count). The molecule has 39 heavy (non-hydrogen) atoms. The van der Waals surface area contributed by atoms with Gasteiger partial charge in [-0.05, 0) is 107 Å². The van der Waals surface area contributed by atoms with E-state index in [4.69, 9.17) is 4.74 Å². The van der Waals surface area contributed by atoms with Crippen molar-refractivity contribution in [2.75, 3.05) is 6.16 Å². The van der Waals surface area contributed by atoms with Crippen molar-refractivity contribution in [3.63, 3.8) is 0 Å². The van der Waals surface area contributed by atoms with Crippen molar-refractivity contribution in [1.82, 2.24) is 0 Å². The molecular weight excluding hydrogens is 514 g/mol. The second-order valence-electron chi connectivity index (χ2n) is 13.3. The van der Waals surface area contributed by atoms with Crippen LogP contribution < -0.4 is 10.6 Å². The van der Waals surface area contributed by atoms with E-state index in [1.54, 1.807) is 0 Å². The van der Waals surface area contributed by atoms with Crippen LogP contribution in [0.15, 0.2) is 60.7 Å². The molecule has 0 saturated heterocycles. The Kier molecular flexibility index (Phi) is 10.2. The summed E-state index contributed by atoms with van der Waals surface area (Å²) in [6, 6.07) is 22.2. The predicted molar refractivity (Wildman–Crippen MR) is 170 cm³/mol. The molecule has 2 aromatic carbocycles. The highest BCUT2D eigenvalue weighted by Crippen LogP contribution is 2.64. The van der Waals surface area contributed by atoms with Crippen molar-refractivity contribution in [2.24, 2.45) is 11.8 Å². The van der Waals surface area contributed by atoms with Crippen LogP contribution in [0.1, 0.15) is 97.8 Å². The molecule has 3 unspecified atom stereocenters. The minimum Gasteiger partial charge on any atom is -0.460 e. The number of carbonyl (C=O) groups excluding carboxylic acids is 1. The topological polar surface area (TPSA) is 26.3 Å². The Hall–Kier alpha value is -1.23. The van der Waals surface area contributed by atoms with Gasteiger partial charge in [0.05, 0.1) is 5.92 Å². The first-order valence-corrected chi connectivity index (χ1v) is 18.8. The quantitative estimate of drug-likeness (QED) is 0.236. The Morgan fingerprint density at radius 2 is 1.21 bits per heavy atom. The molecule has 0 spiro atoms. The van der Waals surface area contributed by atoms with Gasteiger partial charge in [-0.2, -0.15) is 0 Å². The largest absolute Gasteiger partial charge is 0.460 e. The fraction of sp³-hybridized carbons (Fsp3) is 0.629. The van der Waals surface area contributed by atoms with E-state index in [1.165, 1.54) is 81.2 Å². The molecule has 0 bridgehead atoms. The summed E-state index contributed by atoms with van der Waals surface area (Å²) in [7, 11) is -0.558. The van der Waals surface area contributed by atoms with Crippen molar-refractivity contribution in [2.45, 2.75) is 120 Å². The second kappa shape index (κ2) is 13.6. The minimum atomic E-state index is -0.514. The van der Waals surface area contributed by atoms with Crippen LogP contribution in [0.3, 0.4) is 0 Å². The average Bonchev–Trinajstić information content (AvgIpc) is 3.36. The Labute approximate surface area is 240 Å². The van der Waals surface area contributed by atoms with Gasteiger partial charge in [-0.3, -0.25) is 4.79 Å². The van der Waals surface area contributed by atoms with Gasteiger partial charge in [-0.25, -0.2) is 0 Å². The van der Waals surface area contributed by atoms with Gasteiger partial charge in [0.1, 0.15) is 5.60 Å². The number of esters is 1. The van der Waals surface area contributed by atoms with Gasteiger partial charge in [-0.1, -0.05) is 107 Å². The Morgan fingerprint density at radius 1 is 0.718 bits per heavy atom. The summed E-state index contributed by atoms with van der Waals surface area (Å²) in [5.41, 5.74) is 2.17. The Bertz CT molecular complexity index is 964. The number of hydrogen-bond donors (Lipinski definition) is 0. The first-order chi connectivity index (χ1) is 18.9. The fourth-order valence-corrected chi connectivity index (χ4v) is 15.0. The van der Waals surface area contributed by atoms with E-state index in [1.807, 2.05) is 20.8 Å². The molecule has 0 N–H and O–H groups in total. The number of rotatable bonds is 8. The maximum Gasteiger partial charge on any atom is 0.309 e. The van der Waals surface area contributed by atoms with Gasteiger partial charge in [0, 0.05) is 0 Å². The molecule has 212 valence electrons. The molecule has 3 fully saturated rings. The molecule has 2 nitrogen and oxygen atoms in total. The van der Waals surface area contributed by atoms with Gasteiger partial charge in [0.2, 0.25) is 0 Å². The van der Waals surface area contributed by atoms with E-state index in [0.717, 1.165) is 29.6 Å². The standard InChI is InChI=1S/C35H50O2P2/c1-35(2,3)37-34(36)33-25-32(39(30-20-12-6-13-21-30)31-22-14-7-15-23-31)24-27(33)26-38(28-16-8-4-9-17-28)29-18-10-5-11-19-29/h4-5,8-11,16-19,27,30-33H,6-7,12-15,20-26H2,1-3H3. The first kappa shape index (κ1) is 29.3. The number of carbonyl (C=O) groups is 1. The smallest absolute Gasteiger partial charge is 0.309 e. The maximum absolute atomic E-state index is 13.8. The summed E-state index contributed by atoms with van der Waals surface area (Å²) >= 11 is 0. The highest BCUT2D eigenvalue weighted by Gasteiger charge is 2.47. The van der Waals surface area contributed by atoms with Crippen molar-refractivity contribution in [1.29, 1.82) is 0 Å². The van der Waals surface area contributed by atoms with Gasteiger partial charge in [0.15, 0.2) is 0 Å². The van der Waals surface area contributed by atoms with Crippen LogP contribution in [0, 0.1) is 11.8 Å². The predicted octanol–water partition coefficient (Wildman–Crippen LogP) is 9.00. The molecule has 3 aliphatic carbocycles. The Balaban J connectivity index is 1.45. The number of benzene rings is 2. The normalized spacial score (nSPS) is 25.3.